The molecule has 1 aliphatic carbocycles. The molecule has 2 aliphatic rings. The van der Waals surface area contributed by atoms with Gasteiger partial charge < -0.3 is 24.8 Å². The van der Waals surface area contributed by atoms with Gasteiger partial charge in [0, 0.05) is 25.2 Å². The van der Waals surface area contributed by atoms with Gasteiger partial charge in [-0.15, -0.1) is 0 Å². The summed E-state index contributed by atoms with van der Waals surface area (Å²) in [6.07, 6.45) is 5.67. The summed E-state index contributed by atoms with van der Waals surface area (Å²) >= 11 is 0. The van der Waals surface area contributed by atoms with Crippen molar-refractivity contribution in [2.45, 2.75) is 70.6 Å². The van der Waals surface area contributed by atoms with Crippen molar-refractivity contribution in [3.05, 3.63) is 22.9 Å². The summed E-state index contributed by atoms with van der Waals surface area (Å²) in [6.45, 7) is 5.20. The zero-order valence-corrected chi connectivity index (χ0v) is 18.1. The molecule has 1 aliphatic heterocycles. The maximum absolute atomic E-state index is 12.6. The molecule has 8 heteroatoms. The molecule has 2 N–H and O–H groups in total. The van der Waals surface area contributed by atoms with Gasteiger partial charge in [0.1, 0.15) is 11.4 Å². The summed E-state index contributed by atoms with van der Waals surface area (Å²) < 4.78 is 10.0. The van der Waals surface area contributed by atoms with Crippen LogP contribution in [0.25, 0.3) is 0 Å². The van der Waals surface area contributed by atoms with E-state index in [1.54, 1.807) is 13.8 Å². The van der Waals surface area contributed by atoms with Crippen molar-refractivity contribution < 1.29 is 24.2 Å². The van der Waals surface area contributed by atoms with Gasteiger partial charge in [0.05, 0.1) is 31.1 Å². The van der Waals surface area contributed by atoms with Crippen molar-refractivity contribution >= 4 is 17.8 Å². The number of esters is 2. The van der Waals surface area contributed by atoms with E-state index in [4.69, 9.17) is 9.47 Å². The number of aliphatic hydroxyl groups excluding tert-OH is 1. The quantitative estimate of drug-likeness (QED) is 0.677. The molecule has 8 nitrogen and oxygen atoms in total. The first kappa shape index (κ1) is 22.5. The van der Waals surface area contributed by atoms with Crippen LogP contribution >= 0.6 is 0 Å². The molecule has 30 heavy (non-hydrogen) atoms. The van der Waals surface area contributed by atoms with Crippen LogP contribution in [0.1, 0.15) is 71.9 Å². The van der Waals surface area contributed by atoms with Gasteiger partial charge in [0.2, 0.25) is 0 Å². The van der Waals surface area contributed by atoms with E-state index in [9.17, 15) is 14.7 Å². The molecule has 0 spiro atoms. The number of aryl methyl sites for hydroxylation is 1. The molecule has 0 amide bonds. The number of ether oxygens (including phenoxy) is 2. The smallest absolute Gasteiger partial charge is 0.341 e. The van der Waals surface area contributed by atoms with Gasteiger partial charge in [-0.05, 0) is 45.6 Å². The van der Waals surface area contributed by atoms with Crippen molar-refractivity contribution in [2.75, 3.05) is 31.7 Å². The highest BCUT2D eigenvalue weighted by Crippen LogP contribution is 2.27. The number of pyridine rings is 1. The van der Waals surface area contributed by atoms with Crippen molar-refractivity contribution in [1.82, 2.24) is 10.3 Å². The third kappa shape index (κ3) is 5.10. The number of carbonyl (C=O) groups is 2. The van der Waals surface area contributed by atoms with Gasteiger partial charge in [0.15, 0.2) is 0 Å². The lowest BCUT2D eigenvalue weighted by Crippen LogP contribution is -2.51. The molecule has 0 bridgehead atoms. The summed E-state index contributed by atoms with van der Waals surface area (Å²) in [4.78, 5) is 31.3. The highest BCUT2D eigenvalue weighted by atomic mass is 16.5. The number of nitrogens with one attached hydrogen (secondary N) is 1. The summed E-state index contributed by atoms with van der Waals surface area (Å²) in [5, 5.41) is 13.9. The Balaban J connectivity index is 1.74. The summed E-state index contributed by atoms with van der Waals surface area (Å²) in [5.41, 5.74) is 1.08. The lowest BCUT2D eigenvalue weighted by atomic mass is 9.91. The van der Waals surface area contributed by atoms with Crippen LogP contribution in [0.3, 0.4) is 0 Å². The summed E-state index contributed by atoms with van der Waals surface area (Å²) in [5.74, 6) is -0.462. The van der Waals surface area contributed by atoms with Crippen LogP contribution in [0.15, 0.2) is 6.07 Å². The molecule has 2 atom stereocenters. The van der Waals surface area contributed by atoms with E-state index in [1.165, 1.54) is 13.2 Å². The minimum Gasteiger partial charge on any atom is -0.465 e. The van der Waals surface area contributed by atoms with E-state index in [1.807, 2.05) is 0 Å². The van der Waals surface area contributed by atoms with Crippen molar-refractivity contribution in [2.24, 2.45) is 0 Å². The first-order valence-electron chi connectivity index (χ1n) is 10.9. The van der Waals surface area contributed by atoms with Gasteiger partial charge >= 0.3 is 11.9 Å². The number of hydrogen-bond acceptors (Lipinski definition) is 8. The number of nitrogens with zero attached hydrogens (tertiary/aromatic N) is 2. The predicted octanol–water partition coefficient (Wildman–Crippen LogP) is 2.22. The monoisotopic (exact) mass is 419 g/mol. The van der Waals surface area contributed by atoms with Crippen molar-refractivity contribution in [3.8, 4) is 0 Å². The molecule has 2 heterocycles. The molecule has 1 saturated carbocycles. The van der Waals surface area contributed by atoms with Gasteiger partial charge in [-0.3, -0.25) is 0 Å². The Morgan fingerprint density at radius 2 is 1.87 bits per heavy atom. The number of hydrogen-bond donors (Lipinski definition) is 2. The third-order valence-corrected chi connectivity index (χ3v) is 6.07. The lowest BCUT2D eigenvalue weighted by Gasteiger charge is -2.38. The second kappa shape index (κ2) is 10.2. The standard InChI is InChI=1S/C22H33N3O5/c1-4-30-22(28)17-13-16(21(27)29-3)14(2)23-20(17)25-11-9-15(10-12-25)24-18-7-5-6-8-19(18)26/h13,15,18-19,24,26H,4-12H2,1-3H3/t18-,19+/m0/s1. The number of aromatic nitrogens is 1. The Morgan fingerprint density at radius 1 is 1.17 bits per heavy atom. The van der Waals surface area contributed by atoms with E-state index in [0.717, 1.165) is 51.6 Å². The highest BCUT2D eigenvalue weighted by Gasteiger charge is 2.30. The SMILES string of the molecule is CCOC(=O)c1cc(C(=O)OC)c(C)nc1N1CCC(N[C@H]2CCCC[C@H]2O)CC1. The zero-order chi connectivity index (χ0) is 21.7. The number of methoxy groups -OCH3 is 1. The number of piperidine rings is 1. The molecule has 166 valence electrons. The molecule has 3 rings (SSSR count). The first-order valence-corrected chi connectivity index (χ1v) is 10.9. The van der Waals surface area contributed by atoms with Gasteiger partial charge in [-0.1, -0.05) is 12.8 Å². The van der Waals surface area contributed by atoms with Crippen molar-refractivity contribution in [3.63, 3.8) is 0 Å². The van der Waals surface area contributed by atoms with Crippen LogP contribution in [0.2, 0.25) is 0 Å². The van der Waals surface area contributed by atoms with E-state index in [-0.39, 0.29) is 29.9 Å². The average molecular weight is 420 g/mol. The Kier molecular flexibility index (Phi) is 7.66. The summed E-state index contributed by atoms with van der Waals surface area (Å²) in [6, 6.07) is 2.04. The van der Waals surface area contributed by atoms with E-state index in [2.05, 4.69) is 15.2 Å². The molecule has 2 fully saturated rings. The van der Waals surface area contributed by atoms with Crippen molar-refractivity contribution in [1.29, 1.82) is 0 Å². The lowest BCUT2D eigenvalue weighted by molar-refractivity contribution is 0.0526. The van der Waals surface area contributed by atoms with Gasteiger partial charge in [0.25, 0.3) is 0 Å². The Morgan fingerprint density at radius 3 is 2.50 bits per heavy atom. The fourth-order valence-corrected chi connectivity index (χ4v) is 4.38. The second-order valence-electron chi connectivity index (χ2n) is 8.09. The first-order chi connectivity index (χ1) is 14.4. The second-order valence-corrected chi connectivity index (χ2v) is 8.09. The average Bonchev–Trinajstić information content (AvgIpc) is 2.75. The maximum Gasteiger partial charge on any atom is 0.341 e. The Hall–Kier alpha value is -2.19. The molecule has 1 aromatic heterocycles. The molecule has 0 unspecified atom stereocenters. The summed E-state index contributed by atoms with van der Waals surface area (Å²) in [7, 11) is 1.31. The minimum absolute atomic E-state index is 0.171. The van der Waals surface area contributed by atoms with Gasteiger partial charge in [-0.2, -0.15) is 0 Å². The van der Waals surface area contributed by atoms with Crippen LogP contribution in [0.5, 0.6) is 0 Å². The molecule has 0 aromatic carbocycles. The minimum atomic E-state index is -0.522. The van der Waals surface area contributed by atoms with Crippen LogP contribution in [0, 0.1) is 6.92 Å². The Labute approximate surface area is 177 Å². The maximum atomic E-state index is 12.6. The Bertz CT molecular complexity index is 761. The number of anilines is 1. The number of rotatable bonds is 6. The normalized spacial score (nSPS) is 22.6. The van der Waals surface area contributed by atoms with Gasteiger partial charge in [-0.25, -0.2) is 14.6 Å². The van der Waals surface area contributed by atoms with E-state index >= 15 is 0 Å². The van der Waals surface area contributed by atoms with Crippen LogP contribution in [-0.4, -0.2) is 67.0 Å². The van der Waals surface area contributed by atoms with Crippen LogP contribution in [0.4, 0.5) is 5.82 Å². The zero-order valence-electron chi connectivity index (χ0n) is 18.1. The molecule has 1 aromatic rings. The molecule has 0 radical (unpaired) electrons. The molecule has 1 saturated heterocycles. The fourth-order valence-electron chi connectivity index (χ4n) is 4.38. The van der Waals surface area contributed by atoms with E-state index < -0.39 is 11.9 Å². The molecular weight excluding hydrogens is 386 g/mol. The third-order valence-electron chi connectivity index (χ3n) is 6.07. The fraction of sp³-hybridized carbons (Fsp3) is 0.682. The molecular formula is C22H33N3O5. The topological polar surface area (TPSA) is 101 Å². The van der Waals surface area contributed by atoms with Crippen LogP contribution in [-0.2, 0) is 9.47 Å². The van der Waals surface area contributed by atoms with Crippen LogP contribution < -0.4 is 10.2 Å². The predicted molar refractivity (Wildman–Crippen MR) is 113 cm³/mol. The number of carbonyl (C=O) groups excluding carboxylic acids is 2. The van der Waals surface area contributed by atoms with E-state index in [0.29, 0.717) is 17.6 Å². The number of aliphatic hydroxyl groups is 1. The highest BCUT2D eigenvalue weighted by molar-refractivity contribution is 5.99. The largest absolute Gasteiger partial charge is 0.465 e.